The summed E-state index contributed by atoms with van der Waals surface area (Å²) in [6.07, 6.45) is -3.14. The third-order valence-corrected chi connectivity index (χ3v) is 8.60. The van der Waals surface area contributed by atoms with Gasteiger partial charge in [0, 0.05) is 43.7 Å². The lowest BCUT2D eigenvalue weighted by atomic mass is 10.1. The van der Waals surface area contributed by atoms with E-state index in [-0.39, 0.29) is 16.5 Å². The molecule has 278 valence electrons. The number of aromatic amines is 1. The number of aromatic nitrogens is 1. The lowest BCUT2D eigenvalue weighted by Crippen LogP contribution is -2.41. The molecule has 1 fully saturated rings. The van der Waals surface area contributed by atoms with Crippen LogP contribution in [-0.4, -0.2) is 94.2 Å². The Bertz CT molecular complexity index is 1570. The molecule has 1 aliphatic rings. The average molecular weight is 759 g/mol. The highest BCUT2D eigenvalue weighted by Gasteiger charge is 2.38. The number of hydrogen-bond acceptors (Lipinski definition) is 8. The number of amides is 1. The van der Waals surface area contributed by atoms with Gasteiger partial charge in [-0.2, -0.15) is 26.3 Å². The summed E-state index contributed by atoms with van der Waals surface area (Å²) in [5.41, 5.74) is 2.75. The highest BCUT2D eigenvalue weighted by atomic mass is 35.5. The predicted octanol–water partition coefficient (Wildman–Crippen LogP) is 5.34. The minimum absolute atomic E-state index is 0.0989. The van der Waals surface area contributed by atoms with Crippen molar-refractivity contribution >= 4 is 51.0 Å². The van der Waals surface area contributed by atoms with Gasteiger partial charge >= 0.3 is 29.2 Å². The Hall–Kier alpha value is -3.87. The van der Waals surface area contributed by atoms with Crippen molar-refractivity contribution in [1.82, 2.24) is 20.5 Å². The van der Waals surface area contributed by atoms with Gasteiger partial charge in [-0.3, -0.25) is 14.5 Å². The third-order valence-electron chi connectivity index (χ3n) is 7.39. The van der Waals surface area contributed by atoms with E-state index in [9.17, 15) is 41.0 Å². The van der Waals surface area contributed by atoms with Gasteiger partial charge in [-0.25, -0.2) is 9.59 Å². The summed E-state index contributed by atoms with van der Waals surface area (Å²) in [4.78, 5) is 47.0. The molecular weight excluding hydrogens is 722 g/mol. The highest BCUT2D eigenvalue weighted by molar-refractivity contribution is 7.16. The number of alkyl halides is 6. The zero-order chi connectivity index (χ0) is 37.5. The van der Waals surface area contributed by atoms with Crippen LogP contribution in [0.4, 0.5) is 26.3 Å². The molecule has 2 aromatic carbocycles. The Kier molecular flexibility index (Phi) is 17.0. The van der Waals surface area contributed by atoms with Gasteiger partial charge in [0.2, 0.25) is 5.91 Å². The summed E-state index contributed by atoms with van der Waals surface area (Å²) in [7, 11) is 0. The molecule has 0 saturated heterocycles. The molecule has 1 aromatic heterocycles. The first-order valence-corrected chi connectivity index (χ1v) is 16.5. The Balaban J connectivity index is 0.000000521. The van der Waals surface area contributed by atoms with Crippen LogP contribution in [0, 0.1) is 0 Å². The van der Waals surface area contributed by atoms with Gasteiger partial charge in [-0.15, -0.1) is 0 Å². The number of phenolic OH excluding ortho intramolecular Hbond substituents is 1. The van der Waals surface area contributed by atoms with Crippen molar-refractivity contribution in [3.8, 4) is 5.75 Å². The van der Waals surface area contributed by atoms with Crippen molar-refractivity contribution in [3.05, 3.63) is 62.2 Å². The van der Waals surface area contributed by atoms with Crippen LogP contribution in [0.5, 0.6) is 5.75 Å². The number of nitrogens with one attached hydrogen (secondary N) is 3. The molecule has 0 atom stereocenters. The van der Waals surface area contributed by atoms with Gasteiger partial charge in [-0.05, 0) is 61.6 Å². The van der Waals surface area contributed by atoms with E-state index in [4.69, 9.17) is 31.4 Å². The van der Waals surface area contributed by atoms with Crippen LogP contribution in [0.3, 0.4) is 0 Å². The largest absolute Gasteiger partial charge is 0.506 e. The second-order valence-corrected chi connectivity index (χ2v) is 12.4. The van der Waals surface area contributed by atoms with E-state index >= 15 is 0 Å². The van der Waals surface area contributed by atoms with Crippen molar-refractivity contribution in [2.24, 2.45) is 0 Å². The highest BCUT2D eigenvalue weighted by Crippen LogP contribution is 2.28. The van der Waals surface area contributed by atoms with Gasteiger partial charge in [0.15, 0.2) is 0 Å². The quantitative estimate of drug-likeness (QED) is 0.0995. The molecule has 0 spiro atoms. The number of aromatic hydroxyl groups is 1. The lowest BCUT2D eigenvalue weighted by molar-refractivity contribution is -0.193. The number of hydrogen-bond donors (Lipinski definition) is 6. The van der Waals surface area contributed by atoms with Gasteiger partial charge in [-0.1, -0.05) is 54.0 Å². The van der Waals surface area contributed by atoms with E-state index < -0.39 is 24.3 Å². The van der Waals surface area contributed by atoms with Crippen LogP contribution >= 0.6 is 22.9 Å². The van der Waals surface area contributed by atoms with E-state index in [1.165, 1.54) is 25.7 Å². The molecule has 1 amide bonds. The number of rotatable bonds is 13. The third kappa shape index (κ3) is 15.3. The van der Waals surface area contributed by atoms with Crippen molar-refractivity contribution in [2.75, 3.05) is 32.7 Å². The van der Waals surface area contributed by atoms with E-state index in [1.807, 2.05) is 30.3 Å². The van der Waals surface area contributed by atoms with Gasteiger partial charge < -0.3 is 30.9 Å². The number of carbonyl (C=O) groups is 3. The summed E-state index contributed by atoms with van der Waals surface area (Å²) in [6, 6.07) is 11.8. The maximum Gasteiger partial charge on any atom is 0.490 e. The first-order valence-electron chi connectivity index (χ1n) is 15.3. The van der Waals surface area contributed by atoms with E-state index in [1.54, 1.807) is 6.07 Å². The smallest absolute Gasteiger partial charge is 0.490 e. The molecule has 11 nitrogen and oxygen atoms in total. The maximum absolute atomic E-state index is 12.5. The molecule has 1 aliphatic carbocycles. The molecule has 0 radical (unpaired) electrons. The Labute approximate surface area is 291 Å². The molecular formula is C31H37ClF6N4O7S. The fourth-order valence-corrected chi connectivity index (χ4v) is 5.94. The average Bonchev–Trinajstić information content (AvgIpc) is 3.71. The SMILES string of the molecule is O=C(CCN(CCNCCc1ccc(O)c2[nH]c(=O)sc12)C1CCCC1)NCCc1ccc(Cl)cc1.O=C(O)C(F)(F)F.O=C(O)C(F)(F)F. The fourth-order valence-electron chi connectivity index (χ4n) is 4.92. The first-order chi connectivity index (χ1) is 23.4. The molecule has 50 heavy (non-hydrogen) atoms. The number of phenols is 1. The van der Waals surface area contributed by atoms with E-state index in [2.05, 4.69) is 20.5 Å². The number of aliphatic carboxylic acids is 2. The minimum atomic E-state index is -5.08. The van der Waals surface area contributed by atoms with Crippen LogP contribution in [-0.2, 0) is 27.2 Å². The number of carbonyl (C=O) groups excluding carboxylic acids is 1. The molecule has 0 bridgehead atoms. The Morgan fingerprint density at radius 3 is 2.02 bits per heavy atom. The summed E-state index contributed by atoms with van der Waals surface area (Å²) < 4.78 is 64.3. The number of thiazole rings is 1. The molecule has 0 aliphatic heterocycles. The number of fused-ring (bicyclic) bond motifs is 1. The van der Waals surface area contributed by atoms with E-state index in [0.717, 1.165) is 71.2 Å². The van der Waals surface area contributed by atoms with E-state index in [0.29, 0.717) is 24.5 Å². The van der Waals surface area contributed by atoms with Crippen molar-refractivity contribution < 1.29 is 56.0 Å². The number of nitrogens with zero attached hydrogens (tertiary/aromatic N) is 1. The zero-order valence-corrected chi connectivity index (χ0v) is 28.1. The van der Waals surface area contributed by atoms with Gasteiger partial charge in [0.1, 0.15) is 11.3 Å². The summed E-state index contributed by atoms with van der Waals surface area (Å²) in [5, 5.41) is 31.5. The first kappa shape index (κ1) is 42.3. The topological polar surface area (TPSA) is 172 Å². The van der Waals surface area contributed by atoms with Crippen molar-refractivity contribution in [2.45, 2.75) is 63.3 Å². The number of halogens is 7. The molecule has 1 saturated carbocycles. The number of H-pyrrole nitrogens is 1. The van der Waals surface area contributed by atoms with Crippen molar-refractivity contribution in [1.29, 1.82) is 0 Å². The van der Waals surface area contributed by atoms with Crippen LogP contribution < -0.4 is 15.5 Å². The number of carboxylic acid groups (broad SMARTS) is 2. The summed E-state index contributed by atoms with van der Waals surface area (Å²) >= 11 is 7.07. The summed E-state index contributed by atoms with van der Waals surface area (Å²) in [6.45, 7) is 3.95. The summed E-state index contributed by atoms with van der Waals surface area (Å²) in [5.74, 6) is -5.30. The number of carboxylic acids is 2. The standard InChI is InChI=1S/C27H35ClN4O3S.2C2HF3O2/c28-21-8-5-19(6-9-21)11-15-30-24(34)13-17-32(22-3-1-2-4-22)18-16-29-14-12-20-7-10-23(33)25-26(20)36-27(35)31-25;2*3-2(4,5)1(6)7/h5-10,22,29,33H,1-4,11-18H2,(H,30,34)(H,31,35);2*(H,6,7). The molecule has 0 unspecified atom stereocenters. The molecule has 6 N–H and O–H groups in total. The monoisotopic (exact) mass is 758 g/mol. The van der Waals surface area contributed by atoms with Crippen molar-refractivity contribution in [3.63, 3.8) is 0 Å². The Morgan fingerprint density at radius 2 is 1.46 bits per heavy atom. The number of benzene rings is 2. The van der Waals surface area contributed by atoms with Crippen LogP contribution in [0.15, 0.2) is 41.2 Å². The maximum atomic E-state index is 12.5. The normalized spacial score (nSPS) is 13.4. The van der Waals surface area contributed by atoms with Crippen LogP contribution in [0.2, 0.25) is 5.02 Å². The second-order valence-electron chi connectivity index (χ2n) is 11.0. The fraction of sp³-hybridized carbons (Fsp3) is 0.484. The van der Waals surface area contributed by atoms with Crippen LogP contribution in [0.1, 0.15) is 43.2 Å². The zero-order valence-electron chi connectivity index (χ0n) is 26.5. The lowest BCUT2D eigenvalue weighted by Gasteiger charge is -2.28. The van der Waals surface area contributed by atoms with Gasteiger partial charge in [0.25, 0.3) is 0 Å². The minimum Gasteiger partial charge on any atom is -0.506 e. The molecule has 3 aromatic rings. The van der Waals surface area contributed by atoms with Gasteiger partial charge in [0.05, 0.1) is 4.70 Å². The molecule has 1 heterocycles. The predicted molar refractivity (Wildman–Crippen MR) is 175 cm³/mol. The second kappa shape index (κ2) is 20.1. The molecule has 19 heteroatoms. The molecule has 4 rings (SSSR count). The Morgan fingerprint density at radius 1 is 0.880 bits per heavy atom. The van der Waals surface area contributed by atoms with Crippen LogP contribution in [0.25, 0.3) is 10.2 Å².